The molecule has 11 heteroatoms. The number of aldehydes is 1. The van der Waals surface area contributed by atoms with Crippen molar-refractivity contribution in [2.24, 2.45) is 0 Å². The molecule has 0 fully saturated rings. The van der Waals surface area contributed by atoms with Crippen LogP contribution in [0.15, 0.2) is 85.2 Å². The fourth-order valence-corrected chi connectivity index (χ4v) is 2.99. The Morgan fingerprint density at radius 1 is 0.732 bits per heavy atom. The van der Waals surface area contributed by atoms with E-state index in [2.05, 4.69) is 24.8 Å². The third-order valence-corrected chi connectivity index (χ3v) is 5.25. The molecule has 2 aromatic carbocycles. The van der Waals surface area contributed by atoms with Crippen LogP contribution in [0.5, 0.6) is 11.5 Å². The number of esters is 2. The Hall–Kier alpha value is -5.45. The van der Waals surface area contributed by atoms with Gasteiger partial charge in [0, 0.05) is 23.8 Å². The van der Waals surface area contributed by atoms with Crippen molar-refractivity contribution in [1.29, 1.82) is 0 Å². The lowest BCUT2D eigenvalue weighted by atomic mass is 10.2. The molecule has 2 heterocycles. The van der Waals surface area contributed by atoms with E-state index in [9.17, 15) is 14.4 Å². The first kappa shape index (κ1) is 31.8. The minimum absolute atomic E-state index is 0.294. The highest BCUT2D eigenvalue weighted by Crippen LogP contribution is 2.15. The number of methoxy groups -OCH3 is 4. The van der Waals surface area contributed by atoms with Gasteiger partial charge in [-0.25, -0.2) is 9.59 Å². The van der Waals surface area contributed by atoms with Gasteiger partial charge in [0.25, 0.3) is 0 Å². The zero-order valence-electron chi connectivity index (χ0n) is 23.2. The molecular formula is C30H32N4O7. The van der Waals surface area contributed by atoms with E-state index in [1.165, 1.54) is 38.7 Å². The number of pyridine rings is 2. The number of nitrogens with one attached hydrogen (secondary N) is 1. The van der Waals surface area contributed by atoms with Crippen molar-refractivity contribution in [3.05, 3.63) is 108 Å². The summed E-state index contributed by atoms with van der Waals surface area (Å²) in [5, 5.41) is 3.24. The standard InChI is InChI=1S/C15H16N2O3.C8H7NO3.C7H9NO/c1-19-14-7-5-12(6-8-14)17-10-13-4-3-11(9-16-13)15(18)20-2;1-12-8(11)6-2-3-7(5-10)9-4-6;1-9-7-4-2-6(8)3-5-7/h3-9,17H,10H2,1-2H3;2-5H,1H3;2-5H,8H2,1H3. The molecule has 214 valence electrons. The van der Waals surface area contributed by atoms with E-state index in [-0.39, 0.29) is 5.97 Å². The Morgan fingerprint density at radius 2 is 1.24 bits per heavy atom. The molecule has 0 radical (unpaired) electrons. The quantitative estimate of drug-likeness (QED) is 0.179. The van der Waals surface area contributed by atoms with Crippen molar-refractivity contribution in [3.8, 4) is 11.5 Å². The number of anilines is 2. The minimum atomic E-state index is -0.458. The molecule has 41 heavy (non-hydrogen) atoms. The SMILES string of the molecule is COC(=O)c1ccc(C=O)nc1.COC(=O)c1ccc(CNc2ccc(OC)cc2)nc1.COc1ccc(N)cc1. The lowest BCUT2D eigenvalue weighted by Crippen LogP contribution is -2.05. The number of benzene rings is 2. The summed E-state index contributed by atoms with van der Waals surface area (Å²) in [5.41, 5.74) is 9.08. The van der Waals surface area contributed by atoms with Gasteiger partial charge in [0.1, 0.15) is 17.2 Å². The third-order valence-electron chi connectivity index (χ3n) is 5.25. The van der Waals surface area contributed by atoms with Crippen molar-refractivity contribution in [2.45, 2.75) is 6.54 Å². The summed E-state index contributed by atoms with van der Waals surface area (Å²) in [4.78, 5) is 40.2. The molecule has 0 atom stereocenters. The average Bonchev–Trinajstić information content (AvgIpc) is 3.04. The maximum absolute atomic E-state index is 11.3. The van der Waals surface area contributed by atoms with E-state index >= 15 is 0 Å². The highest BCUT2D eigenvalue weighted by molar-refractivity contribution is 5.89. The van der Waals surface area contributed by atoms with Crippen LogP contribution in [-0.2, 0) is 16.0 Å². The van der Waals surface area contributed by atoms with E-state index < -0.39 is 5.97 Å². The van der Waals surface area contributed by atoms with Gasteiger partial charge in [0.2, 0.25) is 0 Å². The number of rotatable bonds is 8. The first-order chi connectivity index (χ1) is 19.8. The zero-order chi connectivity index (χ0) is 30.0. The van der Waals surface area contributed by atoms with Gasteiger partial charge in [-0.3, -0.25) is 14.8 Å². The average molecular weight is 561 g/mol. The van der Waals surface area contributed by atoms with Crippen molar-refractivity contribution >= 4 is 29.6 Å². The summed E-state index contributed by atoms with van der Waals surface area (Å²) in [7, 11) is 5.90. The number of carbonyl (C=O) groups is 3. The van der Waals surface area contributed by atoms with E-state index in [1.807, 2.05) is 36.4 Å². The van der Waals surface area contributed by atoms with Gasteiger partial charge >= 0.3 is 11.9 Å². The monoisotopic (exact) mass is 560 g/mol. The Labute approximate surface area is 238 Å². The van der Waals surface area contributed by atoms with Crippen LogP contribution in [0.4, 0.5) is 11.4 Å². The van der Waals surface area contributed by atoms with E-state index in [1.54, 1.807) is 38.5 Å². The van der Waals surface area contributed by atoms with Crippen molar-refractivity contribution < 1.29 is 33.3 Å². The zero-order valence-corrected chi connectivity index (χ0v) is 23.2. The molecule has 0 aliphatic heterocycles. The van der Waals surface area contributed by atoms with Gasteiger partial charge in [0.05, 0.1) is 51.8 Å². The molecule has 0 saturated carbocycles. The molecule has 0 bridgehead atoms. The molecule has 3 N–H and O–H groups in total. The van der Waals surface area contributed by atoms with Gasteiger partial charge in [-0.2, -0.15) is 0 Å². The van der Waals surface area contributed by atoms with Crippen molar-refractivity contribution in [2.75, 3.05) is 39.5 Å². The highest BCUT2D eigenvalue weighted by Gasteiger charge is 2.06. The first-order valence-electron chi connectivity index (χ1n) is 12.1. The van der Waals surface area contributed by atoms with Gasteiger partial charge in [0.15, 0.2) is 6.29 Å². The number of nitrogen functional groups attached to an aromatic ring is 1. The predicted molar refractivity (Wildman–Crippen MR) is 154 cm³/mol. The Kier molecular flexibility index (Phi) is 13.3. The topological polar surface area (TPSA) is 152 Å². The van der Waals surface area contributed by atoms with Crippen LogP contribution < -0.4 is 20.5 Å². The summed E-state index contributed by atoms with van der Waals surface area (Å²) in [5.74, 6) is 0.812. The normalized spacial score (nSPS) is 9.46. The highest BCUT2D eigenvalue weighted by atomic mass is 16.5. The molecule has 4 rings (SSSR count). The summed E-state index contributed by atoms with van der Waals surface area (Å²) < 4.78 is 19.1. The smallest absolute Gasteiger partial charge is 0.339 e. The fraction of sp³-hybridized carbons (Fsp3) is 0.167. The van der Waals surface area contributed by atoms with Crippen molar-refractivity contribution in [1.82, 2.24) is 9.97 Å². The third kappa shape index (κ3) is 11.1. The number of hydrogen-bond acceptors (Lipinski definition) is 11. The van der Waals surface area contributed by atoms with Crippen LogP contribution in [-0.4, -0.2) is 56.6 Å². The number of hydrogen-bond donors (Lipinski definition) is 2. The summed E-state index contributed by atoms with van der Waals surface area (Å²) in [6.07, 6.45) is 3.42. The number of aromatic nitrogens is 2. The molecule has 11 nitrogen and oxygen atoms in total. The van der Waals surface area contributed by atoms with Gasteiger partial charge in [-0.05, 0) is 72.8 Å². The molecule has 0 saturated heterocycles. The van der Waals surface area contributed by atoms with E-state index in [0.29, 0.717) is 29.7 Å². The number of ether oxygens (including phenoxy) is 4. The predicted octanol–water partition coefficient (Wildman–Crippen LogP) is 4.45. The number of nitrogens with two attached hydrogens (primary N) is 1. The lowest BCUT2D eigenvalue weighted by molar-refractivity contribution is 0.0591. The molecule has 4 aromatic rings. The summed E-state index contributed by atoms with van der Waals surface area (Å²) >= 11 is 0. The molecule has 0 aliphatic carbocycles. The van der Waals surface area contributed by atoms with Crippen LogP contribution in [0.2, 0.25) is 0 Å². The minimum Gasteiger partial charge on any atom is -0.497 e. The fourth-order valence-electron chi connectivity index (χ4n) is 2.99. The Morgan fingerprint density at radius 3 is 1.66 bits per heavy atom. The van der Waals surface area contributed by atoms with Crippen LogP contribution >= 0.6 is 0 Å². The van der Waals surface area contributed by atoms with Crippen LogP contribution in [0.3, 0.4) is 0 Å². The molecule has 2 aromatic heterocycles. The largest absolute Gasteiger partial charge is 0.497 e. The van der Waals surface area contributed by atoms with E-state index in [4.69, 9.17) is 15.2 Å². The van der Waals surface area contributed by atoms with Crippen LogP contribution in [0.25, 0.3) is 0 Å². The summed E-state index contributed by atoms with van der Waals surface area (Å²) in [6, 6.07) is 21.3. The molecular weight excluding hydrogens is 528 g/mol. The van der Waals surface area contributed by atoms with Crippen LogP contribution in [0, 0.1) is 0 Å². The van der Waals surface area contributed by atoms with E-state index in [0.717, 1.165) is 28.6 Å². The Bertz CT molecular complexity index is 1360. The molecule has 0 unspecified atom stereocenters. The number of nitrogens with zero attached hydrogens (tertiary/aromatic N) is 2. The first-order valence-corrected chi connectivity index (χ1v) is 12.1. The maximum Gasteiger partial charge on any atom is 0.339 e. The lowest BCUT2D eigenvalue weighted by Gasteiger charge is -2.07. The van der Waals surface area contributed by atoms with Gasteiger partial charge in [-0.1, -0.05) is 0 Å². The molecule has 0 spiro atoms. The number of carbonyl (C=O) groups excluding carboxylic acids is 3. The Balaban J connectivity index is 0.000000237. The molecule has 0 amide bonds. The van der Waals surface area contributed by atoms with Gasteiger partial charge < -0.3 is 30.0 Å². The second-order valence-corrected chi connectivity index (χ2v) is 7.97. The van der Waals surface area contributed by atoms with Gasteiger partial charge in [-0.15, -0.1) is 0 Å². The second kappa shape index (κ2) is 17.2. The maximum atomic E-state index is 11.3. The summed E-state index contributed by atoms with van der Waals surface area (Å²) in [6.45, 7) is 0.577. The second-order valence-electron chi connectivity index (χ2n) is 7.97. The van der Waals surface area contributed by atoms with Crippen LogP contribution in [0.1, 0.15) is 36.9 Å². The molecule has 0 aliphatic rings. The van der Waals surface area contributed by atoms with Crippen molar-refractivity contribution in [3.63, 3.8) is 0 Å².